The van der Waals surface area contributed by atoms with E-state index >= 15 is 0 Å². The molecule has 0 spiro atoms. The van der Waals surface area contributed by atoms with Gasteiger partial charge in [0.1, 0.15) is 18.1 Å². The number of methoxy groups -OCH3 is 1. The van der Waals surface area contributed by atoms with Gasteiger partial charge in [0.15, 0.2) is 11.5 Å². The molecular formula is C30H35N3O4. The fraction of sp³-hybridized carbons (Fsp3) is 0.333. The van der Waals surface area contributed by atoms with E-state index in [9.17, 15) is 10.2 Å². The van der Waals surface area contributed by atoms with Crippen molar-refractivity contribution in [3.63, 3.8) is 0 Å². The van der Waals surface area contributed by atoms with E-state index in [1.807, 2.05) is 36.4 Å². The minimum atomic E-state index is 0.231. The lowest BCUT2D eigenvalue weighted by Gasteiger charge is -2.32. The van der Waals surface area contributed by atoms with E-state index in [-0.39, 0.29) is 11.5 Å². The zero-order valence-electron chi connectivity index (χ0n) is 21.8. The predicted octanol–water partition coefficient (Wildman–Crippen LogP) is 4.71. The van der Waals surface area contributed by atoms with E-state index in [4.69, 9.17) is 9.47 Å². The van der Waals surface area contributed by atoms with Gasteiger partial charge in [-0.3, -0.25) is 4.90 Å². The number of ether oxygens (including phenoxy) is 2. The summed E-state index contributed by atoms with van der Waals surface area (Å²) in [5.41, 5.74) is 5.24. The molecule has 0 saturated carbocycles. The van der Waals surface area contributed by atoms with Crippen molar-refractivity contribution >= 4 is 10.9 Å². The van der Waals surface area contributed by atoms with Crippen LogP contribution in [0.3, 0.4) is 0 Å². The molecule has 0 aliphatic carbocycles. The number of fused-ring (bicyclic) bond motifs is 1. The molecule has 0 radical (unpaired) electrons. The fourth-order valence-electron chi connectivity index (χ4n) is 5.13. The number of hydrogen-bond acceptors (Lipinski definition) is 6. The summed E-state index contributed by atoms with van der Waals surface area (Å²) in [4.78, 5) is 4.79. The van der Waals surface area contributed by atoms with Gasteiger partial charge in [0.05, 0.1) is 12.8 Å². The van der Waals surface area contributed by atoms with Gasteiger partial charge in [-0.15, -0.1) is 0 Å². The van der Waals surface area contributed by atoms with Crippen molar-refractivity contribution < 1.29 is 19.7 Å². The molecule has 7 nitrogen and oxygen atoms in total. The smallest absolute Gasteiger partial charge is 0.161 e. The second-order valence-electron chi connectivity index (χ2n) is 9.79. The number of aryl methyl sites for hydroxylation is 1. The molecule has 194 valence electrons. The Hall–Kier alpha value is -3.68. The Kier molecular flexibility index (Phi) is 7.26. The van der Waals surface area contributed by atoms with E-state index < -0.39 is 0 Å². The highest BCUT2D eigenvalue weighted by Crippen LogP contribution is 2.37. The standard InChI is InChI=1S/C30H35N3O4/c1-21-26-19-25(35)9-10-27(26)33(30(21)23-5-7-24(34)8-6-23)20-22-4-11-28(29(18-22)36-3)37-17-16-32-14-12-31(2)13-15-32/h4-11,18-19,34-35H,12-17,20H2,1-3H3. The summed E-state index contributed by atoms with van der Waals surface area (Å²) in [6.07, 6.45) is 0. The van der Waals surface area contributed by atoms with Gasteiger partial charge in [-0.1, -0.05) is 6.07 Å². The molecule has 4 aromatic rings. The van der Waals surface area contributed by atoms with E-state index in [1.54, 1.807) is 25.3 Å². The van der Waals surface area contributed by atoms with Crippen molar-refractivity contribution in [2.45, 2.75) is 13.5 Å². The molecule has 1 fully saturated rings. The minimum Gasteiger partial charge on any atom is -0.508 e. The molecule has 2 heterocycles. The molecule has 0 bridgehead atoms. The summed E-state index contributed by atoms with van der Waals surface area (Å²) in [5.74, 6) is 1.94. The Morgan fingerprint density at radius 3 is 2.30 bits per heavy atom. The lowest BCUT2D eigenvalue weighted by Crippen LogP contribution is -2.45. The average molecular weight is 502 g/mol. The molecule has 5 rings (SSSR count). The van der Waals surface area contributed by atoms with Crippen LogP contribution in [0, 0.1) is 6.92 Å². The molecule has 1 aliphatic heterocycles. The van der Waals surface area contributed by atoms with E-state index in [1.165, 1.54) is 0 Å². The second kappa shape index (κ2) is 10.7. The Labute approximate surface area is 218 Å². The van der Waals surface area contributed by atoms with Crippen LogP contribution in [0.15, 0.2) is 60.7 Å². The summed E-state index contributed by atoms with van der Waals surface area (Å²) in [5, 5.41) is 21.0. The van der Waals surface area contributed by atoms with Gasteiger partial charge in [-0.2, -0.15) is 0 Å². The number of hydrogen-bond donors (Lipinski definition) is 2. The summed E-state index contributed by atoms with van der Waals surface area (Å²) in [6.45, 7) is 8.53. The number of phenols is 2. The van der Waals surface area contributed by atoms with Crippen molar-refractivity contribution in [2.75, 3.05) is 53.5 Å². The van der Waals surface area contributed by atoms with Crippen LogP contribution >= 0.6 is 0 Å². The SMILES string of the molecule is COc1cc(Cn2c(-c3ccc(O)cc3)c(C)c3cc(O)ccc32)ccc1OCCN1CCN(C)CC1. The predicted molar refractivity (Wildman–Crippen MR) is 147 cm³/mol. The second-order valence-corrected chi connectivity index (χ2v) is 9.79. The Balaban J connectivity index is 1.40. The zero-order valence-corrected chi connectivity index (χ0v) is 21.8. The highest BCUT2D eigenvalue weighted by Gasteiger charge is 2.18. The number of likely N-dealkylation sites (N-methyl/N-ethyl adjacent to an activating group) is 1. The third-order valence-electron chi connectivity index (χ3n) is 7.27. The lowest BCUT2D eigenvalue weighted by molar-refractivity contribution is 0.133. The first-order valence-corrected chi connectivity index (χ1v) is 12.7. The lowest BCUT2D eigenvalue weighted by atomic mass is 10.1. The largest absolute Gasteiger partial charge is 0.508 e. The molecule has 1 aliphatic rings. The van der Waals surface area contributed by atoms with Crippen LogP contribution in [0.2, 0.25) is 0 Å². The van der Waals surface area contributed by atoms with Crippen LogP contribution in [0.4, 0.5) is 0 Å². The van der Waals surface area contributed by atoms with E-state index in [0.717, 1.165) is 71.8 Å². The van der Waals surface area contributed by atoms with Crippen LogP contribution in [0.5, 0.6) is 23.0 Å². The normalized spacial score (nSPS) is 14.8. The summed E-state index contributed by atoms with van der Waals surface area (Å²) in [6, 6.07) is 18.8. The van der Waals surface area contributed by atoms with Gasteiger partial charge < -0.3 is 29.2 Å². The van der Waals surface area contributed by atoms with Gasteiger partial charge >= 0.3 is 0 Å². The third kappa shape index (κ3) is 5.38. The number of aromatic nitrogens is 1. The average Bonchev–Trinajstić information content (AvgIpc) is 3.16. The summed E-state index contributed by atoms with van der Waals surface area (Å²) >= 11 is 0. The van der Waals surface area contributed by atoms with E-state index in [2.05, 4.69) is 34.4 Å². The van der Waals surface area contributed by atoms with Gasteiger partial charge in [0, 0.05) is 50.2 Å². The molecular weight excluding hydrogens is 466 g/mol. The Morgan fingerprint density at radius 2 is 1.57 bits per heavy atom. The van der Waals surface area contributed by atoms with Gasteiger partial charge in [0.2, 0.25) is 0 Å². The number of rotatable bonds is 8. The Bertz CT molecular complexity index is 1370. The maximum atomic E-state index is 10.1. The van der Waals surface area contributed by atoms with Crippen molar-refractivity contribution in [2.24, 2.45) is 0 Å². The topological polar surface area (TPSA) is 70.3 Å². The van der Waals surface area contributed by atoms with Crippen LogP contribution in [0.1, 0.15) is 11.1 Å². The van der Waals surface area contributed by atoms with Gasteiger partial charge in [-0.25, -0.2) is 0 Å². The maximum Gasteiger partial charge on any atom is 0.161 e. The molecule has 0 atom stereocenters. The van der Waals surface area contributed by atoms with E-state index in [0.29, 0.717) is 18.9 Å². The molecule has 37 heavy (non-hydrogen) atoms. The molecule has 3 aromatic carbocycles. The van der Waals surface area contributed by atoms with Crippen molar-refractivity contribution in [3.05, 3.63) is 71.8 Å². The molecule has 7 heteroatoms. The number of piperazine rings is 1. The number of benzene rings is 3. The number of nitrogens with zero attached hydrogens (tertiary/aromatic N) is 3. The first kappa shape index (κ1) is 25.0. The maximum absolute atomic E-state index is 10.1. The Morgan fingerprint density at radius 1 is 0.838 bits per heavy atom. The van der Waals surface area contributed by atoms with Crippen molar-refractivity contribution in [3.8, 4) is 34.3 Å². The monoisotopic (exact) mass is 501 g/mol. The number of aromatic hydroxyl groups is 2. The van der Waals surface area contributed by atoms with Crippen LogP contribution < -0.4 is 9.47 Å². The van der Waals surface area contributed by atoms with Gasteiger partial charge in [-0.05, 0) is 85.3 Å². The van der Waals surface area contributed by atoms with Gasteiger partial charge in [0.25, 0.3) is 0 Å². The first-order chi connectivity index (χ1) is 17.9. The molecule has 1 saturated heterocycles. The van der Waals surface area contributed by atoms with Crippen LogP contribution in [-0.4, -0.2) is 78.1 Å². The quantitative estimate of drug-likeness (QED) is 0.364. The molecule has 2 N–H and O–H groups in total. The fourth-order valence-corrected chi connectivity index (χ4v) is 5.13. The molecule has 0 amide bonds. The highest BCUT2D eigenvalue weighted by molar-refractivity contribution is 5.92. The first-order valence-electron chi connectivity index (χ1n) is 12.7. The number of phenolic OH excluding ortho intramolecular Hbond substituents is 2. The minimum absolute atomic E-state index is 0.231. The summed E-state index contributed by atoms with van der Waals surface area (Å²) < 4.78 is 14.1. The van der Waals surface area contributed by atoms with Crippen LogP contribution in [-0.2, 0) is 6.54 Å². The molecule has 0 unspecified atom stereocenters. The van der Waals surface area contributed by atoms with Crippen molar-refractivity contribution in [1.82, 2.24) is 14.4 Å². The zero-order chi connectivity index (χ0) is 25.9. The third-order valence-corrected chi connectivity index (χ3v) is 7.27. The highest BCUT2D eigenvalue weighted by atomic mass is 16.5. The van der Waals surface area contributed by atoms with Crippen LogP contribution in [0.25, 0.3) is 22.2 Å². The summed E-state index contributed by atoms with van der Waals surface area (Å²) in [7, 11) is 3.84. The molecule has 1 aromatic heterocycles. The van der Waals surface area contributed by atoms with Crippen molar-refractivity contribution in [1.29, 1.82) is 0 Å².